The van der Waals surface area contributed by atoms with Crippen molar-refractivity contribution >= 4 is 98.7 Å². The number of fused-ring (bicyclic) bond motifs is 11. The van der Waals surface area contributed by atoms with Crippen molar-refractivity contribution in [2.45, 2.75) is 69.6 Å². The fraction of sp³-hybridized carbons (Fsp3) is 0.273. The van der Waals surface area contributed by atoms with Crippen molar-refractivity contribution in [3.05, 3.63) is 114 Å². The first kappa shape index (κ1) is 33.7. The Hall–Kier alpha value is -4.58. The van der Waals surface area contributed by atoms with E-state index in [2.05, 4.69) is 6.08 Å². The Labute approximate surface area is 323 Å². The average Bonchev–Trinajstić information content (AvgIpc) is 4.00. The zero-order chi connectivity index (χ0) is 37.7. The highest BCUT2D eigenvalue weighted by Gasteiger charge is 2.57. The smallest absolute Gasteiger partial charge is 0.234 e. The minimum absolute atomic E-state index is 0.000151. The van der Waals surface area contributed by atoms with Gasteiger partial charge in [-0.2, -0.15) is 0 Å². The standard InChI is InChI=1S/C44H28F4O4S3/c45-20-13-26-32(30(48)14-20)25(37(51)38(26)52)11-19-12-27-33(43(19)7-3-1-4-8-43)40-34(44(27)9-5-2-6-10-44)41-42(55-40)39-31(54-41)16-21(53-39)15-23-22-17-28(46)29(47)18-24(22)36(50)35(23)49/h11-18H,1-10H2/b23-15-,25-11-. The molecule has 3 heterocycles. The third-order valence-corrected chi connectivity index (χ3v) is 16.8. The van der Waals surface area contributed by atoms with Gasteiger partial charge in [0.1, 0.15) is 11.6 Å². The van der Waals surface area contributed by atoms with Crippen LogP contribution in [0.15, 0.2) is 53.6 Å². The molecule has 2 saturated carbocycles. The van der Waals surface area contributed by atoms with E-state index >= 15 is 4.39 Å². The van der Waals surface area contributed by atoms with E-state index in [9.17, 15) is 32.3 Å². The van der Waals surface area contributed by atoms with E-state index in [-0.39, 0.29) is 38.8 Å². The van der Waals surface area contributed by atoms with Gasteiger partial charge in [0.2, 0.25) is 23.1 Å². The molecule has 11 rings (SSSR count). The molecule has 0 amide bonds. The van der Waals surface area contributed by atoms with Crippen molar-refractivity contribution < 1.29 is 36.7 Å². The third-order valence-electron chi connectivity index (χ3n) is 12.9. The lowest BCUT2D eigenvalue weighted by atomic mass is 9.66. The first-order valence-electron chi connectivity index (χ1n) is 18.6. The second kappa shape index (κ2) is 11.5. The van der Waals surface area contributed by atoms with Gasteiger partial charge in [-0.25, -0.2) is 17.6 Å². The highest BCUT2D eigenvalue weighted by molar-refractivity contribution is 7.39. The molecule has 0 N–H and O–H groups in total. The molecule has 0 atom stereocenters. The number of carbonyl (C=O) groups is 4. The molecule has 0 unspecified atom stereocenters. The van der Waals surface area contributed by atoms with Gasteiger partial charge in [-0.3, -0.25) is 19.2 Å². The predicted octanol–water partition coefficient (Wildman–Crippen LogP) is 11.7. The average molecular weight is 793 g/mol. The van der Waals surface area contributed by atoms with Gasteiger partial charge < -0.3 is 0 Å². The highest BCUT2D eigenvalue weighted by Crippen LogP contribution is 2.70. The normalized spacial score (nSPS) is 22.4. The number of halogens is 4. The molecular weight excluding hydrogens is 765 g/mol. The van der Waals surface area contributed by atoms with Crippen LogP contribution in [0, 0.1) is 28.7 Å². The van der Waals surface area contributed by atoms with Crippen LogP contribution in [0.4, 0.5) is 17.6 Å². The molecule has 0 saturated heterocycles. The largest absolute Gasteiger partial charge is 0.285 e. The molecular formula is C44H28F4O4S3. The minimum atomic E-state index is -1.17. The maximum absolute atomic E-state index is 15.4. The topological polar surface area (TPSA) is 68.3 Å². The molecule has 2 fully saturated rings. The number of thiophene rings is 3. The van der Waals surface area contributed by atoms with Crippen molar-refractivity contribution in [2.24, 2.45) is 5.41 Å². The summed E-state index contributed by atoms with van der Waals surface area (Å²) in [6.45, 7) is 0. The Kier molecular flexibility index (Phi) is 7.05. The van der Waals surface area contributed by atoms with Crippen LogP contribution in [-0.2, 0) is 15.0 Å². The molecule has 2 aromatic carbocycles. The first-order valence-corrected chi connectivity index (χ1v) is 21.0. The van der Waals surface area contributed by atoms with Crippen LogP contribution >= 0.6 is 34.0 Å². The molecule has 3 aromatic heterocycles. The molecule has 5 aromatic rings. The summed E-state index contributed by atoms with van der Waals surface area (Å²) in [7, 11) is 0. The Morgan fingerprint density at radius 2 is 1.22 bits per heavy atom. The molecule has 11 heteroatoms. The van der Waals surface area contributed by atoms with Crippen LogP contribution in [0.1, 0.15) is 111 Å². The van der Waals surface area contributed by atoms with E-state index in [1.807, 2.05) is 6.07 Å². The van der Waals surface area contributed by atoms with Crippen molar-refractivity contribution in [3.63, 3.8) is 0 Å². The number of benzene rings is 2. The van der Waals surface area contributed by atoms with Crippen LogP contribution in [0.25, 0.3) is 41.6 Å². The lowest BCUT2D eigenvalue weighted by molar-refractivity contribution is -0.110. The number of hydrogen-bond acceptors (Lipinski definition) is 7. The molecule has 55 heavy (non-hydrogen) atoms. The number of Topliss-reactive ketones (excluding diaryl/α,β-unsaturated/α-hetero) is 4. The van der Waals surface area contributed by atoms with E-state index in [1.165, 1.54) is 37.6 Å². The Balaban J connectivity index is 1.07. The summed E-state index contributed by atoms with van der Waals surface area (Å²) in [4.78, 5) is 54.2. The molecule has 4 nitrogen and oxygen atoms in total. The van der Waals surface area contributed by atoms with Crippen LogP contribution in [0.3, 0.4) is 0 Å². The minimum Gasteiger partial charge on any atom is -0.285 e. The Bertz CT molecular complexity index is 2840. The molecule has 274 valence electrons. The summed E-state index contributed by atoms with van der Waals surface area (Å²) < 4.78 is 62.3. The summed E-state index contributed by atoms with van der Waals surface area (Å²) in [5, 5.41) is 0. The quantitative estimate of drug-likeness (QED) is 0.101. The van der Waals surface area contributed by atoms with Gasteiger partial charge in [0.15, 0.2) is 11.6 Å². The van der Waals surface area contributed by atoms with E-state index in [0.29, 0.717) is 0 Å². The summed E-state index contributed by atoms with van der Waals surface area (Å²) in [6, 6.07) is 5.41. The van der Waals surface area contributed by atoms with Gasteiger partial charge in [0.25, 0.3) is 0 Å². The summed E-state index contributed by atoms with van der Waals surface area (Å²) in [5.41, 5.74) is 3.93. The van der Waals surface area contributed by atoms with E-state index < -0.39 is 51.8 Å². The fourth-order valence-electron chi connectivity index (χ4n) is 10.5. The van der Waals surface area contributed by atoms with Crippen molar-refractivity contribution in [1.29, 1.82) is 0 Å². The number of allylic oxidation sites excluding steroid dienone is 7. The number of carbonyl (C=O) groups excluding carboxylic acids is 4. The van der Waals surface area contributed by atoms with Crippen molar-refractivity contribution in [2.75, 3.05) is 0 Å². The van der Waals surface area contributed by atoms with Gasteiger partial charge >= 0.3 is 0 Å². The van der Waals surface area contributed by atoms with E-state index in [1.54, 1.807) is 34.8 Å². The zero-order valence-electron chi connectivity index (χ0n) is 29.1. The van der Waals surface area contributed by atoms with Crippen LogP contribution in [0.5, 0.6) is 0 Å². The van der Waals surface area contributed by atoms with Crippen molar-refractivity contribution in [3.8, 4) is 0 Å². The van der Waals surface area contributed by atoms with Gasteiger partial charge in [-0.05, 0) is 84.4 Å². The highest BCUT2D eigenvalue weighted by atomic mass is 32.1. The number of hydrogen-bond donors (Lipinski definition) is 0. The SMILES string of the molecule is O=C1C(=O)c2cc(F)c(F)cc2/C1=C/c1cc2sc3c4c(sc3c2s1)C1=C(C=C(/C=C2\C(=O)C(=O)c3cc(F)cc(F)c32)C12CCCCC2)C41CCCCC1. The maximum atomic E-state index is 15.4. The van der Waals surface area contributed by atoms with Gasteiger partial charge in [-0.1, -0.05) is 44.6 Å². The molecule has 6 aliphatic carbocycles. The monoisotopic (exact) mass is 792 g/mol. The van der Waals surface area contributed by atoms with Crippen molar-refractivity contribution in [1.82, 2.24) is 0 Å². The lowest BCUT2D eigenvalue weighted by Crippen LogP contribution is -2.28. The van der Waals surface area contributed by atoms with Crippen LogP contribution in [0.2, 0.25) is 0 Å². The summed E-state index contributed by atoms with van der Waals surface area (Å²) in [5.74, 6) is -7.41. The van der Waals surface area contributed by atoms with E-state index in [4.69, 9.17) is 0 Å². The molecule has 0 aliphatic heterocycles. The fourth-order valence-corrected chi connectivity index (χ4v) is 15.1. The first-order chi connectivity index (χ1) is 26.5. The number of rotatable bonds is 2. The van der Waals surface area contributed by atoms with Gasteiger partial charge in [-0.15, -0.1) is 34.0 Å². The maximum Gasteiger partial charge on any atom is 0.234 e. The van der Waals surface area contributed by atoms with Crippen LogP contribution < -0.4 is 0 Å². The Morgan fingerprint density at radius 1 is 0.564 bits per heavy atom. The van der Waals surface area contributed by atoms with Gasteiger partial charge in [0.05, 0.1) is 14.1 Å². The zero-order valence-corrected chi connectivity index (χ0v) is 31.5. The molecule has 2 spiro atoms. The lowest BCUT2D eigenvalue weighted by Gasteiger charge is -2.38. The molecule has 0 bridgehead atoms. The number of ketones is 4. The predicted molar refractivity (Wildman–Crippen MR) is 208 cm³/mol. The Morgan fingerprint density at radius 3 is 1.95 bits per heavy atom. The summed E-state index contributed by atoms with van der Waals surface area (Å²) in [6.07, 6.45) is 15.6. The third kappa shape index (κ3) is 4.37. The van der Waals surface area contributed by atoms with Gasteiger partial charge in [0, 0.05) is 64.8 Å². The summed E-state index contributed by atoms with van der Waals surface area (Å²) >= 11 is 5.01. The second-order valence-corrected chi connectivity index (χ2v) is 18.8. The second-order valence-electron chi connectivity index (χ2n) is 15.6. The van der Waals surface area contributed by atoms with Crippen LogP contribution in [-0.4, -0.2) is 23.1 Å². The molecule has 0 radical (unpaired) electrons. The molecule has 6 aliphatic rings. The van der Waals surface area contributed by atoms with E-state index in [0.717, 1.165) is 113 Å².